The molecule has 2 N–H and O–H groups in total. The zero-order valence-electron chi connectivity index (χ0n) is 20.7. The van der Waals surface area contributed by atoms with Crippen LogP contribution in [0.2, 0.25) is 0 Å². The monoisotopic (exact) mass is 538 g/mol. The van der Waals surface area contributed by atoms with Gasteiger partial charge in [-0.3, -0.25) is 24.0 Å². The molecule has 0 saturated carbocycles. The number of nitrogens with one attached hydrogen (secondary N) is 2. The topological polar surface area (TPSA) is 148 Å². The number of nitro groups is 1. The normalized spacial score (nSPS) is 10.8. The number of rotatable bonds is 11. The van der Waals surface area contributed by atoms with Gasteiger partial charge >= 0.3 is 0 Å². The van der Waals surface area contributed by atoms with Gasteiger partial charge in [0, 0.05) is 18.2 Å². The number of benzene rings is 3. The number of nitrogens with zero attached hydrogens (tertiary/aromatic N) is 2. The maximum Gasteiger partial charge on any atom is 0.273 e. The maximum absolute atomic E-state index is 13.7. The van der Waals surface area contributed by atoms with Crippen molar-refractivity contribution in [2.75, 3.05) is 29.8 Å². The number of aryl methyl sites for hydroxylation is 1. The Morgan fingerprint density at radius 3 is 2.42 bits per heavy atom. The van der Waals surface area contributed by atoms with Gasteiger partial charge in [0.1, 0.15) is 12.3 Å². The van der Waals surface area contributed by atoms with E-state index in [9.17, 15) is 28.1 Å². The first-order valence-electron chi connectivity index (χ1n) is 11.3. The Morgan fingerprint density at radius 1 is 1.11 bits per heavy atom. The summed E-state index contributed by atoms with van der Waals surface area (Å²) in [6.45, 7) is 4.57. The minimum atomic E-state index is -4.44. The number of anilines is 2. The number of nitro benzene ring substituents is 1. The molecular weight excluding hydrogens is 512 g/mol. The third-order valence-electron chi connectivity index (χ3n) is 5.47. The van der Waals surface area contributed by atoms with Crippen molar-refractivity contribution in [2.24, 2.45) is 0 Å². The molecule has 0 spiro atoms. The highest BCUT2D eigenvalue weighted by Crippen LogP contribution is 2.29. The number of methoxy groups -OCH3 is 1. The minimum absolute atomic E-state index is 0.126. The summed E-state index contributed by atoms with van der Waals surface area (Å²) in [5.74, 6) is -0.733. The van der Waals surface area contributed by atoms with Crippen molar-refractivity contribution in [3.05, 3.63) is 101 Å². The van der Waals surface area contributed by atoms with Crippen LogP contribution in [-0.2, 0) is 14.8 Å². The zero-order chi connectivity index (χ0) is 27.9. The summed E-state index contributed by atoms with van der Waals surface area (Å²) < 4.78 is 33.3. The summed E-state index contributed by atoms with van der Waals surface area (Å²) in [7, 11) is -2.99. The molecule has 0 aliphatic carbocycles. The number of para-hydroxylation sites is 1. The first kappa shape index (κ1) is 27.9. The Morgan fingerprint density at radius 2 is 1.79 bits per heavy atom. The summed E-state index contributed by atoms with van der Waals surface area (Å²) in [5.41, 5.74) is 0.396. The predicted molar refractivity (Wildman–Crippen MR) is 143 cm³/mol. The number of sulfonamides is 1. The Hall–Kier alpha value is -4.71. The van der Waals surface area contributed by atoms with Crippen molar-refractivity contribution in [1.82, 2.24) is 5.32 Å². The molecule has 0 fully saturated rings. The molecule has 0 heterocycles. The van der Waals surface area contributed by atoms with E-state index in [0.29, 0.717) is 5.75 Å². The van der Waals surface area contributed by atoms with Gasteiger partial charge in [0.05, 0.1) is 33.9 Å². The Kier molecular flexibility index (Phi) is 8.81. The van der Waals surface area contributed by atoms with Crippen molar-refractivity contribution in [3.63, 3.8) is 0 Å². The van der Waals surface area contributed by atoms with Crippen molar-refractivity contribution < 1.29 is 27.7 Å². The predicted octanol–water partition coefficient (Wildman–Crippen LogP) is 3.66. The highest BCUT2D eigenvalue weighted by atomic mass is 32.2. The molecule has 0 unspecified atom stereocenters. The molecule has 0 aliphatic heterocycles. The van der Waals surface area contributed by atoms with Crippen LogP contribution in [0.1, 0.15) is 15.9 Å². The van der Waals surface area contributed by atoms with Gasteiger partial charge in [-0.2, -0.15) is 0 Å². The second-order valence-corrected chi connectivity index (χ2v) is 9.87. The average Bonchev–Trinajstić information content (AvgIpc) is 2.90. The lowest BCUT2D eigenvalue weighted by Gasteiger charge is -2.24. The Bertz CT molecular complexity index is 1470. The number of hydrogen-bond donors (Lipinski definition) is 2. The number of carbonyl (C=O) groups excluding carboxylic acids is 2. The molecule has 11 nitrogen and oxygen atoms in total. The quantitative estimate of drug-likeness (QED) is 0.215. The Balaban J connectivity index is 1.99. The van der Waals surface area contributed by atoms with Gasteiger partial charge in [-0.05, 0) is 49.4 Å². The smallest absolute Gasteiger partial charge is 0.273 e. The van der Waals surface area contributed by atoms with Crippen LogP contribution >= 0.6 is 0 Å². The first-order valence-corrected chi connectivity index (χ1v) is 12.7. The van der Waals surface area contributed by atoms with Crippen molar-refractivity contribution in [1.29, 1.82) is 0 Å². The minimum Gasteiger partial charge on any atom is -0.497 e. The summed E-state index contributed by atoms with van der Waals surface area (Å²) in [5, 5.41) is 16.6. The van der Waals surface area contributed by atoms with Crippen LogP contribution in [0.25, 0.3) is 0 Å². The summed E-state index contributed by atoms with van der Waals surface area (Å²) in [6.07, 6.45) is 1.51. The zero-order valence-corrected chi connectivity index (χ0v) is 21.5. The molecule has 0 radical (unpaired) electrons. The number of amides is 2. The van der Waals surface area contributed by atoms with Gasteiger partial charge in [0.25, 0.3) is 21.6 Å². The van der Waals surface area contributed by atoms with Crippen LogP contribution in [0, 0.1) is 17.0 Å². The molecule has 0 aliphatic rings. The standard InChI is InChI=1S/C26H26N4O7S/c1-4-15-27-26(32)22-7-5-6-8-23(22)28-25(31)17-29(19-10-12-20(37-3)13-11-19)38(35,36)21-14-9-18(2)24(16-21)30(33)34/h4-14,16H,1,15,17H2,2-3H3,(H,27,32)(H,28,31). The van der Waals surface area contributed by atoms with Crippen molar-refractivity contribution >= 4 is 38.9 Å². The van der Waals surface area contributed by atoms with E-state index >= 15 is 0 Å². The van der Waals surface area contributed by atoms with Crippen LogP contribution in [0.15, 0.2) is 84.3 Å². The van der Waals surface area contributed by atoms with E-state index in [1.54, 1.807) is 12.1 Å². The van der Waals surface area contributed by atoms with E-state index < -0.39 is 33.3 Å². The second-order valence-electron chi connectivity index (χ2n) is 8.01. The van der Waals surface area contributed by atoms with Crippen LogP contribution in [0.5, 0.6) is 5.75 Å². The summed E-state index contributed by atoms with van der Waals surface area (Å²) in [4.78, 5) is 36.0. The summed E-state index contributed by atoms with van der Waals surface area (Å²) in [6, 6.07) is 15.7. The van der Waals surface area contributed by atoms with Gasteiger partial charge in [0.2, 0.25) is 5.91 Å². The second kappa shape index (κ2) is 12.0. The van der Waals surface area contributed by atoms with E-state index in [1.165, 1.54) is 68.6 Å². The van der Waals surface area contributed by atoms with Gasteiger partial charge in [-0.1, -0.05) is 24.3 Å². The molecule has 2 amide bonds. The van der Waals surface area contributed by atoms with E-state index in [0.717, 1.165) is 10.4 Å². The Labute approximate surface area is 219 Å². The SMILES string of the molecule is C=CCNC(=O)c1ccccc1NC(=O)CN(c1ccc(OC)cc1)S(=O)(=O)c1ccc(C)c([N+](=O)[O-])c1. The third-order valence-corrected chi connectivity index (χ3v) is 7.24. The molecular formula is C26H26N4O7S. The molecule has 0 aromatic heterocycles. The molecule has 38 heavy (non-hydrogen) atoms. The third kappa shape index (κ3) is 6.34. The summed E-state index contributed by atoms with van der Waals surface area (Å²) >= 11 is 0. The van der Waals surface area contributed by atoms with Crippen molar-refractivity contribution in [3.8, 4) is 5.75 Å². The van der Waals surface area contributed by atoms with Gasteiger partial charge < -0.3 is 15.4 Å². The highest BCUT2D eigenvalue weighted by Gasteiger charge is 2.29. The maximum atomic E-state index is 13.7. The number of hydrogen-bond acceptors (Lipinski definition) is 7. The van der Waals surface area contributed by atoms with E-state index in [4.69, 9.17) is 4.74 Å². The van der Waals surface area contributed by atoms with Crippen LogP contribution in [0.3, 0.4) is 0 Å². The van der Waals surface area contributed by atoms with E-state index in [2.05, 4.69) is 17.2 Å². The molecule has 0 atom stereocenters. The fourth-order valence-electron chi connectivity index (χ4n) is 3.51. The fourth-order valence-corrected chi connectivity index (χ4v) is 4.95. The lowest BCUT2D eigenvalue weighted by atomic mass is 10.1. The average molecular weight is 539 g/mol. The lowest BCUT2D eigenvalue weighted by molar-refractivity contribution is -0.385. The van der Waals surface area contributed by atoms with Gasteiger partial charge in [0.15, 0.2) is 0 Å². The van der Waals surface area contributed by atoms with Crippen molar-refractivity contribution in [2.45, 2.75) is 11.8 Å². The molecule has 3 rings (SSSR count). The fraction of sp³-hybridized carbons (Fsp3) is 0.154. The van der Waals surface area contributed by atoms with Gasteiger partial charge in [-0.15, -0.1) is 6.58 Å². The van der Waals surface area contributed by atoms with Gasteiger partial charge in [-0.25, -0.2) is 8.42 Å². The molecule has 3 aromatic rings. The molecule has 0 bridgehead atoms. The molecule has 0 saturated heterocycles. The first-order chi connectivity index (χ1) is 18.1. The van der Waals surface area contributed by atoms with Crippen LogP contribution in [0.4, 0.5) is 17.1 Å². The number of ether oxygens (including phenoxy) is 1. The molecule has 198 valence electrons. The van der Waals surface area contributed by atoms with E-state index in [-0.39, 0.29) is 39.6 Å². The molecule has 3 aromatic carbocycles. The molecule has 12 heteroatoms. The largest absolute Gasteiger partial charge is 0.497 e. The van der Waals surface area contributed by atoms with E-state index in [1.807, 2.05) is 0 Å². The van der Waals surface area contributed by atoms with Crippen LogP contribution in [-0.4, -0.2) is 45.4 Å². The lowest BCUT2D eigenvalue weighted by Crippen LogP contribution is -2.38. The van der Waals surface area contributed by atoms with Crippen LogP contribution < -0.4 is 19.7 Å². The number of carbonyl (C=O) groups is 2. The highest BCUT2D eigenvalue weighted by molar-refractivity contribution is 7.92.